The van der Waals surface area contributed by atoms with Crippen LogP contribution in [0.4, 0.5) is 0 Å². The summed E-state index contributed by atoms with van der Waals surface area (Å²) in [6.07, 6.45) is 8.89. The third-order valence-electron chi connectivity index (χ3n) is 5.12. The maximum absolute atomic E-state index is 5.52. The molecule has 0 spiro atoms. The summed E-state index contributed by atoms with van der Waals surface area (Å²) >= 11 is 0. The first kappa shape index (κ1) is 16.5. The molecule has 0 radical (unpaired) electrons. The molecule has 2 saturated heterocycles. The van der Waals surface area contributed by atoms with Gasteiger partial charge in [0.1, 0.15) is 0 Å². The van der Waals surface area contributed by atoms with Gasteiger partial charge in [0.15, 0.2) is 5.82 Å². The van der Waals surface area contributed by atoms with Gasteiger partial charge >= 0.3 is 0 Å². The summed E-state index contributed by atoms with van der Waals surface area (Å²) in [6.45, 7) is 3.43. The Hall–Kier alpha value is -1.98. The lowest BCUT2D eigenvalue weighted by atomic mass is 10.0. The van der Waals surface area contributed by atoms with Crippen LogP contribution in [-0.2, 0) is 11.3 Å². The van der Waals surface area contributed by atoms with E-state index in [0.29, 0.717) is 12.0 Å². The second-order valence-electron chi connectivity index (χ2n) is 6.89. The second-order valence-corrected chi connectivity index (χ2v) is 6.89. The van der Waals surface area contributed by atoms with Crippen molar-refractivity contribution in [1.82, 2.24) is 15.0 Å². The van der Waals surface area contributed by atoms with E-state index >= 15 is 0 Å². The highest BCUT2D eigenvalue weighted by molar-refractivity contribution is 5.49. The number of hydrogen-bond acceptors (Lipinski definition) is 5. The van der Waals surface area contributed by atoms with Crippen LogP contribution >= 0.6 is 0 Å². The molecule has 0 N–H and O–H groups in total. The van der Waals surface area contributed by atoms with E-state index < -0.39 is 0 Å². The molecule has 4 rings (SSSR count). The predicted octanol–water partition coefficient (Wildman–Crippen LogP) is 3.64. The van der Waals surface area contributed by atoms with E-state index in [1.165, 1.54) is 18.4 Å². The maximum Gasteiger partial charge on any atom is 0.229 e. The smallest absolute Gasteiger partial charge is 0.229 e. The van der Waals surface area contributed by atoms with E-state index in [4.69, 9.17) is 9.26 Å². The quantitative estimate of drug-likeness (QED) is 0.832. The minimum Gasteiger partial charge on any atom is -0.381 e. The molecule has 25 heavy (non-hydrogen) atoms. The number of rotatable bonds is 5. The molecule has 5 heteroatoms. The van der Waals surface area contributed by atoms with Crippen LogP contribution in [0.3, 0.4) is 0 Å². The second kappa shape index (κ2) is 7.93. The summed E-state index contributed by atoms with van der Waals surface area (Å²) in [7, 11) is 0. The Bertz CT molecular complexity index is 692. The topological polar surface area (TPSA) is 51.4 Å². The zero-order valence-corrected chi connectivity index (χ0v) is 14.5. The fraction of sp³-hybridized carbons (Fsp3) is 0.500. The Morgan fingerprint density at radius 1 is 1.12 bits per heavy atom. The van der Waals surface area contributed by atoms with Crippen LogP contribution in [0.15, 0.2) is 40.9 Å². The van der Waals surface area contributed by atoms with Crippen molar-refractivity contribution in [3.05, 3.63) is 53.7 Å². The predicted molar refractivity (Wildman–Crippen MR) is 96.0 cm³/mol. The summed E-state index contributed by atoms with van der Waals surface area (Å²) in [5.74, 6) is 1.96. The fourth-order valence-electron chi connectivity index (χ4n) is 3.68. The van der Waals surface area contributed by atoms with Crippen molar-refractivity contribution in [3.8, 4) is 0 Å². The minimum atomic E-state index is 0.363. The monoisotopic (exact) mass is 339 g/mol. The van der Waals surface area contributed by atoms with Crippen LogP contribution in [0.5, 0.6) is 0 Å². The van der Waals surface area contributed by atoms with Crippen LogP contribution in [0.25, 0.3) is 6.08 Å². The Morgan fingerprint density at radius 3 is 2.80 bits per heavy atom. The maximum atomic E-state index is 5.52. The van der Waals surface area contributed by atoms with E-state index in [1.807, 2.05) is 6.07 Å². The summed E-state index contributed by atoms with van der Waals surface area (Å²) < 4.78 is 10.9. The molecular weight excluding hydrogens is 314 g/mol. The van der Waals surface area contributed by atoms with Gasteiger partial charge in [-0.2, -0.15) is 4.98 Å². The molecule has 1 aromatic heterocycles. The van der Waals surface area contributed by atoms with Gasteiger partial charge in [-0.1, -0.05) is 47.6 Å². The van der Waals surface area contributed by atoms with Gasteiger partial charge in [0.2, 0.25) is 5.89 Å². The molecule has 2 aromatic rings. The number of aromatic nitrogens is 2. The zero-order valence-electron chi connectivity index (χ0n) is 14.5. The number of ether oxygens (including phenoxy) is 1. The highest BCUT2D eigenvalue weighted by Crippen LogP contribution is 2.26. The molecule has 0 saturated carbocycles. The molecule has 0 bridgehead atoms. The van der Waals surface area contributed by atoms with Gasteiger partial charge in [-0.3, -0.25) is 4.90 Å². The first-order valence-corrected chi connectivity index (χ1v) is 9.26. The normalized spacial score (nSPS) is 22.8. The average Bonchev–Trinajstić information content (AvgIpc) is 3.32. The number of nitrogens with zero attached hydrogens (tertiary/aromatic N) is 3. The van der Waals surface area contributed by atoms with Gasteiger partial charge in [-0.15, -0.1) is 0 Å². The first-order valence-electron chi connectivity index (χ1n) is 9.26. The van der Waals surface area contributed by atoms with Gasteiger partial charge in [0.25, 0.3) is 0 Å². The Morgan fingerprint density at radius 2 is 1.96 bits per heavy atom. The number of hydrogen-bond donors (Lipinski definition) is 0. The summed E-state index contributed by atoms with van der Waals surface area (Å²) in [5.41, 5.74) is 1.25. The molecule has 2 aliphatic rings. The summed E-state index contributed by atoms with van der Waals surface area (Å²) in [6, 6.07) is 10.9. The SMILES string of the molecule is C(=CC1CCCN1Cc1noc(C2CCOCC2)n1)c1ccccc1. The number of likely N-dealkylation sites (tertiary alicyclic amines) is 1. The Balaban J connectivity index is 1.38. The summed E-state index contributed by atoms with van der Waals surface area (Å²) in [5, 5.41) is 4.21. The molecule has 3 heterocycles. The van der Waals surface area contributed by atoms with Crippen LogP contribution < -0.4 is 0 Å². The van der Waals surface area contributed by atoms with E-state index in [2.05, 4.69) is 51.5 Å². The van der Waals surface area contributed by atoms with Crippen LogP contribution in [0.2, 0.25) is 0 Å². The van der Waals surface area contributed by atoms with Crippen LogP contribution in [-0.4, -0.2) is 40.8 Å². The standard InChI is InChI=1S/C20H25N3O2/c1-2-5-16(6-3-1)8-9-18-7-4-12-23(18)15-19-21-20(25-22-19)17-10-13-24-14-11-17/h1-3,5-6,8-9,17-18H,4,7,10-15H2. The number of benzene rings is 1. The Labute approximate surface area is 148 Å². The lowest BCUT2D eigenvalue weighted by Crippen LogP contribution is -2.27. The highest BCUT2D eigenvalue weighted by atomic mass is 16.5. The molecule has 132 valence electrons. The molecule has 1 atom stereocenters. The van der Waals surface area contributed by atoms with Crippen molar-refractivity contribution in [2.45, 2.75) is 44.2 Å². The highest BCUT2D eigenvalue weighted by Gasteiger charge is 2.26. The average molecular weight is 339 g/mol. The van der Waals surface area contributed by atoms with E-state index in [9.17, 15) is 0 Å². The van der Waals surface area contributed by atoms with Gasteiger partial charge < -0.3 is 9.26 Å². The molecular formula is C20H25N3O2. The largest absolute Gasteiger partial charge is 0.381 e. The van der Waals surface area contributed by atoms with Gasteiger partial charge in [0, 0.05) is 25.2 Å². The summed E-state index contributed by atoms with van der Waals surface area (Å²) in [4.78, 5) is 7.09. The minimum absolute atomic E-state index is 0.363. The lowest BCUT2D eigenvalue weighted by molar-refractivity contribution is 0.0778. The van der Waals surface area contributed by atoms with Crippen LogP contribution in [0.1, 0.15) is 48.9 Å². The van der Waals surface area contributed by atoms with E-state index in [1.54, 1.807) is 0 Å². The Kier molecular flexibility index (Phi) is 5.23. The molecule has 1 unspecified atom stereocenters. The van der Waals surface area contributed by atoms with E-state index in [0.717, 1.165) is 50.9 Å². The molecule has 2 fully saturated rings. The van der Waals surface area contributed by atoms with Crippen molar-refractivity contribution in [3.63, 3.8) is 0 Å². The van der Waals surface area contributed by atoms with Crippen molar-refractivity contribution >= 4 is 6.08 Å². The van der Waals surface area contributed by atoms with E-state index in [-0.39, 0.29) is 0 Å². The van der Waals surface area contributed by atoms with Crippen LogP contribution in [0, 0.1) is 0 Å². The molecule has 5 nitrogen and oxygen atoms in total. The van der Waals surface area contributed by atoms with Gasteiger partial charge in [0.05, 0.1) is 6.54 Å². The molecule has 0 aliphatic carbocycles. The fourth-order valence-corrected chi connectivity index (χ4v) is 3.68. The van der Waals surface area contributed by atoms with Crippen molar-refractivity contribution in [1.29, 1.82) is 0 Å². The molecule has 2 aliphatic heterocycles. The third kappa shape index (κ3) is 4.17. The molecule has 1 aromatic carbocycles. The van der Waals surface area contributed by atoms with Crippen molar-refractivity contribution in [2.75, 3.05) is 19.8 Å². The van der Waals surface area contributed by atoms with Gasteiger partial charge in [-0.05, 0) is 37.8 Å². The first-order chi connectivity index (χ1) is 12.4. The third-order valence-corrected chi connectivity index (χ3v) is 5.12. The van der Waals surface area contributed by atoms with Crippen molar-refractivity contribution in [2.24, 2.45) is 0 Å². The van der Waals surface area contributed by atoms with Gasteiger partial charge in [-0.25, -0.2) is 0 Å². The lowest BCUT2D eigenvalue weighted by Gasteiger charge is -2.20. The zero-order chi connectivity index (χ0) is 16.9. The molecule has 0 amide bonds. The van der Waals surface area contributed by atoms with Crippen molar-refractivity contribution < 1.29 is 9.26 Å².